The summed E-state index contributed by atoms with van der Waals surface area (Å²) in [4.78, 5) is 17.1. The highest BCUT2D eigenvalue weighted by atomic mass is 19.1. The molecule has 1 aromatic heterocycles. The highest BCUT2D eigenvalue weighted by molar-refractivity contribution is 5.86. The van der Waals surface area contributed by atoms with Crippen molar-refractivity contribution < 1.29 is 27.8 Å². The molecule has 5 rings (SSSR count). The van der Waals surface area contributed by atoms with Crippen molar-refractivity contribution in [1.29, 1.82) is 0 Å². The maximum atomic E-state index is 13.5. The molecule has 0 atom stereocenters. The smallest absolute Gasteiger partial charge is 0.226 e. The van der Waals surface area contributed by atoms with E-state index in [1.165, 1.54) is 31.0 Å². The summed E-state index contributed by atoms with van der Waals surface area (Å²) in [5.74, 6) is -0.975. The van der Waals surface area contributed by atoms with Crippen LogP contribution in [0.3, 0.4) is 0 Å². The highest BCUT2D eigenvalue weighted by Crippen LogP contribution is 2.32. The van der Waals surface area contributed by atoms with Crippen molar-refractivity contribution in [1.82, 2.24) is 9.88 Å². The van der Waals surface area contributed by atoms with Crippen molar-refractivity contribution in [3.05, 3.63) is 59.9 Å². The molecule has 0 spiro atoms. The van der Waals surface area contributed by atoms with Gasteiger partial charge in [-0.15, -0.1) is 0 Å². The van der Waals surface area contributed by atoms with Crippen molar-refractivity contribution in [3.63, 3.8) is 0 Å². The summed E-state index contributed by atoms with van der Waals surface area (Å²) >= 11 is 0. The third kappa shape index (κ3) is 6.24. The van der Waals surface area contributed by atoms with Crippen molar-refractivity contribution >= 4 is 16.8 Å². The predicted octanol–water partition coefficient (Wildman–Crippen LogP) is 5.43. The molecule has 188 valence electrons. The average Bonchev–Trinajstić information content (AvgIpc) is 3.18. The molecule has 0 aliphatic heterocycles. The third-order valence-electron chi connectivity index (χ3n) is 6.77. The number of aromatic nitrogens is 1. The summed E-state index contributed by atoms with van der Waals surface area (Å²) < 4.78 is 44.6. The Morgan fingerprint density at radius 1 is 0.971 bits per heavy atom. The standard InChI is InChI=1S/C14H8F3N.C13H23NO3/c15-10-3-1-8(2-4-10)13-6-9-5-11(16)7-12(17)14(9)18-13;15-8-10-17-9-7-14(12-5-2-6-12)13(16)11-3-1-4-11/h1-7,18H;11-12,15H,1-10H2. The molecule has 1 heterocycles. The van der Waals surface area contributed by atoms with Gasteiger partial charge in [-0.1, -0.05) is 6.42 Å². The quantitative estimate of drug-likeness (QED) is 0.416. The first-order valence-electron chi connectivity index (χ1n) is 12.2. The van der Waals surface area contributed by atoms with E-state index in [0.717, 1.165) is 31.7 Å². The number of H-pyrrole nitrogens is 1. The largest absolute Gasteiger partial charge is 0.394 e. The van der Waals surface area contributed by atoms with Crippen molar-refractivity contribution in [2.45, 2.75) is 44.6 Å². The van der Waals surface area contributed by atoms with Crippen LogP contribution in [0.2, 0.25) is 0 Å². The number of rotatable bonds is 8. The van der Waals surface area contributed by atoms with E-state index >= 15 is 0 Å². The molecular weight excluding hydrogens is 457 g/mol. The number of carbonyl (C=O) groups is 1. The monoisotopic (exact) mass is 488 g/mol. The number of amides is 1. The van der Waals surface area contributed by atoms with Gasteiger partial charge >= 0.3 is 0 Å². The van der Waals surface area contributed by atoms with Gasteiger partial charge in [0.1, 0.15) is 17.5 Å². The van der Waals surface area contributed by atoms with Crippen molar-refractivity contribution in [2.24, 2.45) is 5.92 Å². The Morgan fingerprint density at radius 2 is 1.69 bits per heavy atom. The molecule has 2 N–H and O–H groups in total. The van der Waals surface area contributed by atoms with Gasteiger partial charge in [0.05, 0.1) is 25.3 Å². The number of carbonyl (C=O) groups excluding carboxylic acids is 1. The van der Waals surface area contributed by atoms with Crippen LogP contribution >= 0.6 is 0 Å². The zero-order valence-electron chi connectivity index (χ0n) is 19.6. The van der Waals surface area contributed by atoms with E-state index in [-0.39, 0.29) is 23.9 Å². The van der Waals surface area contributed by atoms with Crippen LogP contribution in [-0.4, -0.2) is 53.3 Å². The van der Waals surface area contributed by atoms with E-state index in [1.54, 1.807) is 18.2 Å². The molecule has 3 aromatic rings. The van der Waals surface area contributed by atoms with Crippen LogP contribution in [-0.2, 0) is 9.53 Å². The molecule has 0 unspecified atom stereocenters. The maximum absolute atomic E-state index is 13.5. The van der Waals surface area contributed by atoms with Gasteiger partial charge < -0.3 is 19.7 Å². The molecule has 5 nitrogen and oxygen atoms in total. The van der Waals surface area contributed by atoms with E-state index in [2.05, 4.69) is 4.98 Å². The van der Waals surface area contributed by atoms with E-state index in [1.807, 2.05) is 4.90 Å². The number of fused-ring (bicyclic) bond motifs is 1. The topological polar surface area (TPSA) is 65.6 Å². The van der Waals surface area contributed by atoms with Gasteiger partial charge in [0.2, 0.25) is 5.91 Å². The van der Waals surface area contributed by atoms with Gasteiger partial charge in [-0.05, 0) is 74.1 Å². The molecule has 0 bridgehead atoms. The fourth-order valence-corrected chi connectivity index (χ4v) is 4.34. The lowest BCUT2D eigenvalue weighted by Gasteiger charge is -2.41. The highest BCUT2D eigenvalue weighted by Gasteiger charge is 2.34. The summed E-state index contributed by atoms with van der Waals surface area (Å²) in [6.45, 7) is 1.67. The van der Waals surface area contributed by atoms with Gasteiger partial charge in [0.15, 0.2) is 0 Å². The van der Waals surface area contributed by atoms with E-state index in [4.69, 9.17) is 9.84 Å². The Labute approximate surface area is 202 Å². The molecule has 2 aliphatic carbocycles. The predicted molar refractivity (Wildman–Crippen MR) is 128 cm³/mol. The first-order valence-corrected chi connectivity index (χ1v) is 12.2. The third-order valence-corrected chi connectivity index (χ3v) is 6.77. The Balaban J connectivity index is 0.000000165. The van der Waals surface area contributed by atoms with Crippen LogP contribution in [0.25, 0.3) is 22.2 Å². The Bertz CT molecular complexity index is 1120. The Morgan fingerprint density at radius 3 is 2.29 bits per heavy atom. The number of ether oxygens (including phenoxy) is 1. The second kappa shape index (κ2) is 11.7. The van der Waals surface area contributed by atoms with E-state index in [9.17, 15) is 18.0 Å². The number of aliphatic hydroxyl groups is 1. The Kier molecular flexibility index (Phi) is 8.46. The summed E-state index contributed by atoms with van der Waals surface area (Å²) in [5, 5.41) is 9.09. The number of halogens is 3. The molecular formula is C27H31F3N2O3. The lowest BCUT2D eigenvalue weighted by Crippen LogP contribution is -2.49. The number of hydrogen-bond acceptors (Lipinski definition) is 3. The SMILES string of the molecule is Fc1ccc(-c2cc3cc(F)cc(F)c3[nH]2)cc1.O=C(C1CCC1)N(CCOCCO)C1CCC1. The van der Waals surface area contributed by atoms with Gasteiger partial charge in [0, 0.05) is 35.7 Å². The molecule has 2 aliphatic rings. The fourth-order valence-electron chi connectivity index (χ4n) is 4.34. The van der Waals surface area contributed by atoms with Crippen LogP contribution in [0.15, 0.2) is 42.5 Å². The number of nitrogens with one attached hydrogen (secondary N) is 1. The first kappa shape index (κ1) is 25.3. The van der Waals surface area contributed by atoms with Crippen LogP contribution < -0.4 is 0 Å². The number of aromatic amines is 1. The van der Waals surface area contributed by atoms with Crippen LogP contribution in [0.1, 0.15) is 38.5 Å². The molecule has 2 aromatic carbocycles. The second-order valence-electron chi connectivity index (χ2n) is 9.12. The van der Waals surface area contributed by atoms with Gasteiger partial charge in [0.25, 0.3) is 0 Å². The van der Waals surface area contributed by atoms with Gasteiger partial charge in [-0.2, -0.15) is 0 Å². The van der Waals surface area contributed by atoms with Gasteiger partial charge in [-0.25, -0.2) is 13.2 Å². The molecule has 2 saturated carbocycles. The molecule has 0 saturated heterocycles. The molecule has 0 radical (unpaired) electrons. The molecule has 35 heavy (non-hydrogen) atoms. The van der Waals surface area contributed by atoms with E-state index in [0.29, 0.717) is 48.4 Å². The van der Waals surface area contributed by atoms with Crippen LogP contribution in [0.5, 0.6) is 0 Å². The number of benzene rings is 2. The molecule has 1 amide bonds. The summed E-state index contributed by atoms with van der Waals surface area (Å²) in [6, 6.07) is 9.96. The van der Waals surface area contributed by atoms with E-state index < -0.39 is 11.6 Å². The average molecular weight is 489 g/mol. The second-order valence-corrected chi connectivity index (χ2v) is 9.12. The summed E-state index contributed by atoms with van der Waals surface area (Å²) in [5.41, 5.74) is 1.58. The van der Waals surface area contributed by atoms with Crippen LogP contribution in [0, 0.1) is 23.4 Å². The minimum absolute atomic E-state index is 0.0556. The zero-order chi connectivity index (χ0) is 24.8. The Hall–Kier alpha value is -2.84. The summed E-state index contributed by atoms with van der Waals surface area (Å²) in [7, 11) is 0. The number of nitrogens with zero attached hydrogens (tertiary/aromatic N) is 1. The normalized spacial score (nSPS) is 15.8. The lowest BCUT2D eigenvalue weighted by atomic mass is 9.82. The first-order chi connectivity index (χ1) is 17.0. The number of hydrogen-bond donors (Lipinski definition) is 2. The maximum Gasteiger partial charge on any atom is 0.226 e. The fraction of sp³-hybridized carbons (Fsp3) is 0.444. The minimum atomic E-state index is -0.640. The molecule has 2 fully saturated rings. The van der Waals surface area contributed by atoms with Crippen LogP contribution in [0.4, 0.5) is 13.2 Å². The van der Waals surface area contributed by atoms with Crippen molar-refractivity contribution in [3.8, 4) is 11.3 Å². The minimum Gasteiger partial charge on any atom is -0.394 e. The zero-order valence-corrected chi connectivity index (χ0v) is 19.6. The molecule has 8 heteroatoms. The summed E-state index contributed by atoms with van der Waals surface area (Å²) in [6.07, 6.45) is 6.89. The van der Waals surface area contributed by atoms with Gasteiger partial charge in [-0.3, -0.25) is 4.79 Å². The lowest BCUT2D eigenvalue weighted by molar-refractivity contribution is -0.143. The number of aliphatic hydroxyl groups excluding tert-OH is 1. The van der Waals surface area contributed by atoms with Crippen molar-refractivity contribution in [2.75, 3.05) is 26.4 Å².